The molecule has 3 nitrogen and oxygen atoms in total. The SMILES string of the molecule is Cc1cccc(C2(NC(=O)C(C)O)CCCC2)c1. The van der Waals surface area contributed by atoms with E-state index in [1.807, 2.05) is 6.07 Å². The number of carbonyl (C=O) groups is 1. The number of nitrogens with one attached hydrogen (secondary N) is 1. The number of amides is 1. The summed E-state index contributed by atoms with van der Waals surface area (Å²) in [6.07, 6.45) is 3.19. The van der Waals surface area contributed by atoms with Crippen molar-refractivity contribution in [2.24, 2.45) is 0 Å². The van der Waals surface area contributed by atoms with Crippen LogP contribution in [-0.2, 0) is 10.3 Å². The molecule has 1 saturated carbocycles. The third-order valence-corrected chi connectivity index (χ3v) is 3.77. The average molecular weight is 247 g/mol. The number of hydrogen-bond donors (Lipinski definition) is 2. The number of hydrogen-bond acceptors (Lipinski definition) is 2. The minimum Gasteiger partial charge on any atom is -0.384 e. The molecule has 1 aromatic carbocycles. The molecule has 0 aromatic heterocycles. The maximum absolute atomic E-state index is 11.8. The fourth-order valence-electron chi connectivity index (χ4n) is 2.75. The highest BCUT2D eigenvalue weighted by atomic mass is 16.3. The highest BCUT2D eigenvalue weighted by Gasteiger charge is 2.37. The van der Waals surface area contributed by atoms with E-state index in [1.54, 1.807) is 0 Å². The molecule has 0 heterocycles. The molecule has 1 aliphatic carbocycles. The highest BCUT2D eigenvalue weighted by Crippen LogP contribution is 2.39. The summed E-state index contributed by atoms with van der Waals surface area (Å²) < 4.78 is 0. The highest BCUT2D eigenvalue weighted by molar-refractivity contribution is 5.81. The van der Waals surface area contributed by atoms with Crippen molar-refractivity contribution in [2.75, 3.05) is 0 Å². The molecule has 1 aliphatic rings. The molecule has 0 bridgehead atoms. The first-order valence-electron chi connectivity index (χ1n) is 6.61. The van der Waals surface area contributed by atoms with Crippen molar-refractivity contribution >= 4 is 5.91 Å². The predicted octanol–water partition coefficient (Wildman–Crippen LogP) is 2.26. The zero-order chi connectivity index (χ0) is 13.2. The lowest BCUT2D eigenvalue weighted by molar-refractivity contribution is -0.130. The Morgan fingerprint density at radius 1 is 1.39 bits per heavy atom. The van der Waals surface area contributed by atoms with Crippen LogP contribution in [0.25, 0.3) is 0 Å². The minimum absolute atomic E-state index is 0.278. The molecule has 0 spiro atoms. The van der Waals surface area contributed by atoms with Gasteiger partial charge in [-0.15, -0.1) is 0 Å². The summed E-state index contributed by atoms with van der Waals surface area (Å²) in [5.41, 5.74) is 2.08. The second-order valence-corrected chi connectivity index (χ2v) is 5.32. The lowest BCUT2D eigenvalue weighted by Gasteiger charge is -2.32. The summed E-state index contributed by atoms with van der Waals surface area (Å²) in [6.45, 7) is 3.57. The molecule has 1 unspecified atom stereocenters. The first kappa shape index (κ1) is 13.1. The number of carbonyl (C=O) groups excluding carboxylic acids is 1. The van der Waals surface area contributed by atoms with Crippen LogP contribution in [0, 0.1) is 6.92 Å². The standard InChI is InChI=1S/C15H21NO2/c1-11-6-5-7-13(10-11)15(8-3-4-9-15)16-14(18)12(2)17/h5-7,10,12,17H,3-4,8-9H2,1-2H3,(H,16,18). The predicted molar refractivity (Wildman–Crippen MR) is 71.1 cm³/mol. The summed E-state index contributed by atoms with van der Waals surface area (Å²) in [5, 5.41) is 12.4. The van der Waals surface area contributed by atoms with Crippen molar-refractivity contribution < 1.29 is 9.90 Å². The number of aryl methyl sites for hydroxylation is 1. The molecule has 2 rings (SSSR count). The van der Waals surface area contributed by atoms with E-state index < -0.39 is 6.10 Å². The second-order valence-electron chi connectivity index (χ2n) is 5.32. The van der Waals surface area contributed by atoms with Gasteiger partial charge in [0.05, 0.1) is 5.54 Å². The van der Waals surface area contributed by atoms with Crippen LogP contribution >= 0.6 is 0 Å². The monoisotopic (exact) mass is 247 g/mol. The molecule has 3 heteroatoms. The van der Waals surface area contributed by atoms with E-state index in [1.165, 1.54) is 12.5 Å². The van der Waals surface area contributed by atoms with Crippen molar-refractivity contribution in [3.63, 3.8) is 0 Å². The van der Waals surface area contributed by atoms with Gasteiger partial charge in [0.2, 0.25) is 5.91 Å². The third kappa shape index (κ3) is 2.56. The number of rotatable bonds is 3. The van der Waals surface area contributed by atoms with Crippen LogP contribution in [0.2, 0.25) is 0 Å². The first-order chi connectivity index (χ1) is 8.53. The van der Waals surface area contributed by atoms with Crippen LogP contribution in [0.1, 0.15) is 43.7 Å². The largest absolute Gasteiger partial charge is 0.384 e. The smallest absolute Gasteiger partial charge is 0.249 e. The van der Waals surface area contributed by atoms with Crippen molar-refractivity contribution in [3.05, 3.63) is 35.4 Å². The molecule has 1 aromatic rings. The number of aliphatic hydroxyl groups excluding tert-OH is 1. The van der Waals surface area contributed by atoms with Gasteiger partial charge in [0.1, 0.15) is 6.10 Å². The molecule has 0 aliphatic heterocycles. The van der Waals surface area contributed by atoms with E-state index in [9.17, 15) is 9.90 Å². The van der Waals surface area contributed by atoms with Crippen LogP contribution in [0.3, 0.4) is 0 Å². The van der Waals surface area contributed by atoms with Gasteiger partial charge in [-0.3, -0.25) is 4.79 Å². The molecule has 0 radical (unpaired) electrons. The van der Waals surface area contributed by atoms with Crippen LogP contribution in [0.5, 0.6) is 0 Å². The Hall–Kier alpha value is -1.35. The van der Waals surface area contributed by atoms with Gasteiger partial charge in [-0.05, 0) is 32.3 Å². The fraction of sp³-hybridized carbons (Fsp3) is 0.533. The molecule has 18 heavy (non-hydrogen) atoms. The van der Waals surface area contributed by atoms with Gasteiger partial charge in [-0.1, -0.05) is 42.7 Å². The molecule has 1 atom stereocenters. The van der Waals surface area contributed by atoms with Crippen LogP contribution in [0.15, 0.2) is 24.3 Å². The van der Waals surface area contributed by atoms with E-state index in [2.05, 4.69) is 30.4 Å². The molecule has 2 N–H and O–H groups in total. The van der Waals surface area contributed by atoms with Gasteiger partial charge < -0.3 is 10.4 Å². The normalized spacial score (nSPS) is 19.5. The van der Waals surface area contributed by atoms with Crippen LogP contribution in [0.4, 0.5) is 0 Å². The molecular weight excluding hydrogens is 226 g/mol. The van der Waals surface area contributed by atoms with Gasteiger partial charge in [-0.2, -0.15) is 0 Å². The first-order valence-corrected chi connectivity index (χ1v) is 6.61. The maximum Gasteiger partial charge on any atom is 0.249 e. The fourth-order valence-corrected chi connectivity index (χ4v) is 2.75. The quantitative estimate of drug-likeness (QED) is 0.860. The summed E-state index contributed by atoms with van der Waals surface area (Å²) >= 11 is 0. The molecular formula is C15H21NO2. The van der Waals surface area contributed by atoms with Gasteiger partial charge in [0, 0.05) is 0 Å². The van der Waals surface area contributed by atoms with Gasteiger partial charge in [-0.25, -0.2) is 0 Å². The zero-order valence-corrected chi connectivity index (χ0v) is 11.1. The van der Waals surface area contributed by atoms with Crippen LogP contribution < -0.4 is 5.32 Å². The lowest BCUT2D eigenvalue weighted by atomic mass is 9.87. The molecule has 98 valence electrons. The zero-order valence-electron chi connectivity index (χ0n) is 11.1. The Morgan fingerprint density at radius 2 is 2.06 bits per heavy atom. The van der Waals surface area contributed by atoms with Gasteiger partial charge in [0.25, 0.3) is 0 Å². The summed E-state index contributed by atoms with van der Waals surface area (Å²) in [5.74, 6) is -0.279. The van der Waals surface area contributed by atoms with E-state index >= 15 is 0 Å². The summed E-state index contributed by atoms with van der Waals surface area (Å²) in [7, 11) is 0. The Labute approximate surface area is 108 Å². The van der Waals surface area contributed by atoms with Crippen molar-refractivity contribution in [1.29, 1.82) is 0 Å². The Morgan fingerprint density at radius 3 is 2.61 bits per heavy atom. The minimum atomic E-state index is -0.952. The van der Waals surface area contributed by atoms with Gasteiger partial charge >= 0.3 is 0 Å². The summed E-state index contributed by atoms with van der Waals surface area (Å²) in [6, 6.07) is 8.29. The van der Waals surface area contributed by atoms with Crippen molar-refractivity contribution in [2.45, 2.75) is 51.2 Å². The Balaban J connectivity index is 2.29. The van der Waals surface area contributed by atoms with Crippen LogP contribution in [-0.4, -0.2) is 17.1 Å². The topological polar surface area (TPSA) is 49.3 Å². The lowest BCUT2D eigenvalue weighted by Crippen LogP contribution is -2.47. The molecule has 0 saturated heterocycles. The second kappa shape index (κ2) is 5.11. The molecule has 1 fully saturated rings. The third-order valence-electron chi connectivity index (χ3n) is 3.77. The maximum atomic E-state index is 11.8. The summed E-state index contributed by atoms with van der Waals surface area (Å²) in [4.78, 5) is 11.8. The number of benzene rings is 1. The van der Waals surface area contributed by atoms with E-state index in [0.29, 0.717) is 0 Å². The van der Waals surface area contributed by atoms with E-state index in [4.69, 9.17) is 0 Å². The number of aliphatic hydroxyl groups is 1. The Bertz CT molecular complexity index is 434. The Kier molecular flexibility index (Phi) is 3.71. The van der Waals surface area contributed by atoms with E-state index in [-0.39, 0.29) is 11.4 Å². The van der Waals surface area contributed by atoms with E-state index in [0.717, 1.165) is 31.2 Å². The van der Waals surface area contributed by atoms with Crippen molar-refractivity contribution in [1.82, 2.24) is 5.32 Å². The van der Waals surface area contributed by atoms with Gasteiger partial charge in [0.15, 0.2) is 0 Å². The van der Waals surface area contributed by atoms with Crippen molar-refractivity contribution in [3.8, 4) is 0 Å². The average Bonchev–Trinajstić information content (AvgIpc) is 2.78. The molecule has 1 amide bonds.